The largest absolute Gasteiger partial charge is 0.420 e. The standard InChI is InChI=1S/C16H19N5O3/c1-11(12-9-18-20(2)10-12)19-15(22)17-7-8-21-13-5-3-4-6-14(13)24-16(21)23/h3-6,9-11H,7-8H2,1-2H3,(H2,17,19,22). The predicted octanol–water partition coefficient (Wildman–Crippen LogP) is 1.39. The van der Waals surface area contributed by atoms with E-state index in [9.17, 15) is 9.59 Å². The van der Waals surface area contributed by atoms with Crippen LogP contribution in [0.15, 0.2) is 45.9 Å². The van der Waals surface area contributed by atoms with Crippen LogP contribution in [-0.4, -0.2) is 26.9 Å². The highest BCUT2D eigenvalue weighted by Crippen LogP contribution is 2.11. The lowest BCUT2D eigenvalue weighted by atomic mass is 10.2. The van der Waals surface area contributed by atoms with E-state index in [-0.39, 0.29) is 12.1 Å². The van der Waals surface area contributed by atoms with Crippen LogP contribution < -0.4 is 16.4 Å². The number of hydrogen-bond donors (Lipinski definition) is 2. The van der Waals surface area contributed by atoms with Crippen molar-refractivity contribution in [3.8, 4) is 0 Å². The molecule has 0 aliphatic heterocycles. The molecule has 2 aromatic heterocycles. The Labute approximate surface area is 138 Å². The van der Waals surface area contributed by atoms with Gasteiger partial charge in [-0.3, -0.25) is 9.25 Å². The zero-order chi connectivity index (χ0) is 17.1. The van der Waals surface area contributed by atoms with E-state index in [1.165, 1.54) is 4.57 Å². The molecule has 0 spiro atoms. The van der Waals surface area contributed by atoms with Crippen molar-refractivity contribution < 1.29 is 9.21 Å². The number of carbonyl (C=O) groups is 1. The van der Waals surface area contributed by atoms with Crippen molar-refractivity contribution in [3.05, 3.63) is 52.8 Å². The summed E-state index contributed by atoms with van der Waals surface area (Å²) < 4.78 is 8.33. The summed E-state index contributed by atoms with van der Waals surface area (Å²) in [7, 11) is 1.82. The second-order valence-electron chi connectivity index (χ2n) is 5.56. The number of para-hydroxylation sites is 2. The molecule has 0 fully saturated rings. The zero-order valence-corrected chi connectivity index (χ0v) is 13.5. The molecule has 3 aromatic rings. The molecule has 8 heteroatoms. The van der Waals surface area contributed by atoms with Crippen LogP contribution in [0.25, 0.3) is 11.1 Å². The number of nitrogens with zero attached hydrogens (tertiary/aromatic N) is 3. The number of aromatic nitrogens is 3. The van der Waals surface area contributed by atoms with Crippen molar-refractivity contribution in [3.63, 3.8) is 0 Å². The third-order valence-electron chi connectivity index (χ3n) is 3.77. The van der Waals surface area contributed by atoms with Crippen molar-refractivity contribution in [1.82, 2.24) is 25.0 Å². The molecule has 24 heavy (non-hydrogen) atoms. The van der Waals surface area contributed by atoms with Crippen LogP contribution in [0.2, 0.25) is 0 Å². The molecule has 0 saturated carbocycles. The molecule has 2 N–H and O–H groups in total. The van der Waals surface area contributed by atoms with E-state index in [1.807, 2.05) is 32.3 Å². The van der Waals surface area contributed by atoms with Gasteiger partial charge in [0.2, 0.25) is 0 Å². The summed E-state index contributed by atoms with van der Waals surface area (Å²) in [6.07, 6.45) is 3.56. The quantitative estimate of drug-likeness (QED) is 0.739. The third kappa shape index (κ3) is 3.32. The van der Waals surface area contributed by atoms with Crippen molar-refractivity contribution >= 4 is 17.1 Å². The number of rotatable bonds is 5. The number of aryl methyl sites for hydroxylation is 1. The SMILES string of the molecule is CC(NC(=O)NCCn1c(=O)oc2ccccc21)c1cnn(C)c1. The van der Waals surface area contributed by atoms with E-state index in [0.717, 1.165) is 5.56 Å². The van der Waals surface area contributed by atoms with E-state index < -0.39 is 5.76 Å². The number of oxazole rings is 1. The molecule has 0 aliphatic carbocycles. The first-order chi connectivity index (χ1) is 11.5. The first kappa shape index (κ1) is 15.9. The molecule has 0 aliphatic rings. The summed E-state index contributed by atoms with van der Waals surface area (Å²) >= 11 is 0. The van der Waals surface area contributed by atoms with Crippen molar-refractivity contribution in [2.45, 2.75) is 19.5 Å². The fourth-order valence-corrected chi connectivity index (χ4v) is 2.50. The molecule has 1 aromatic carbocycles. The molecule has 126 valence electrons. The van der Waals surface area contributed by atoms with E-state index in [2.05, 4.69) is 15.7 Å². The van der Waals surface area contributed by atoms with Gasteiger partial charge < -0.3 is 15.1 Å². The molecule has 2 heterocycles. The minimum atomic E-state index is -0.429. The normalized spacial score (nSPS) is 12.2. The minimum Gasteiger partial charge on any atom is -0.408 e. The summed E-state index contributed by atoms with van der Waals surface area (Å²) in [6, 6.07) is 6.74. The van der Waals surface area contributed by atoms with Crippen molar-refractivity contribution in [2.24, 2.45) is 7.05 Å². The Hall–Kier alpha value is -3.03. The molecule has 0 bridgehead atoms. The third-order valence-corrected chi connectivity index (χ3v) is 3.77. The van der Waals surface area contributed by atoms with Gasteiger partial charge in [-0.15, -0.1) is 0 Å². The molecule has 2 amide bonds. The number of fused-ring (bicyclic) bond motifs is 1. The number of hydrogen-bond acceptors (Lipinski definition) is 4. The Morgan fingerprint density at radius 2 is 2.17 bits per heavy atom. The van der Waals surface area contributed by atoms with Crippen LogP contribution in [-0.2, 0) is 13.6 Å². The second-order valence-corrected chi connectivity index (χ2v) is 5.56. The average molecular weight is 329 g/mol. The number of carbonyl (C=O) groups excluding carboxylic acids is 1. The number of nitrogens with one attached hydrogen (secondary N) is 2. The van der Waals surface area contributed by atoms with Gasteiger partial charge >= 0.3 is 11.8 Å². The maximum atomic E-state index is 12.0. The van der Waals surface area contributed by atoms with Gasteiger partial charge in [0.1, 0.15) is 0 Å². The van der Waals surface area contributed by atoms with Crippen LogP contribution in [0.1, 0.15) is 18.5 Å². The number of benzene rings is 1. The average Bonchev–Trinajstić information content (AvgIpc) is 3.11. The van der Waals surface area contributed by atoms with Gasteiger partial charge in [-0.2, -0.15) is 5.10 Å². The lowest BCUT2D eigenvalue weighted by Gasteiger charge is -2.13. The Balaban J connectivity index is 1.55. The molecule has 3 rings (SSSR count). The van der Waals surface area contributed by atoms with E-state index in [4.69, 9.17) is 4.42 Å². The Morgan fingerprint density at radius 3 is 2.92 bits per heavy atom. The maximum absolute atomic E-state index is 12.0. The summed E-state index contributed by atoms with van der Waals surface area (Å²) in [5, 5.41) is 9.64. The molecule has 1 unspecified atom stereocenters. The van der Waals surface area contributed by atoms with Gasteiger partial charge in [0.05, 0.1) is 17.8 Å². The molecule has 0 saturated heterocycles. The van der Waals surface area contributed by atoms with E-state index in [1.54, 1.807) is 23.0 Å². The highest BCUT2D eigenvalue weighted by molar-refractivity contribution is 5.74. The first-order valence-corrected chi connectivity index (χ1v) is 7.66. The monoisotopic (exact) mass is 329 g/mol. The summed E-state index contributed by atoms with van der Waals surface area (Å²) in [4.78, 5) is 23.8. The number of amides is 2. The van der Waals surface area contributed by atoms with Crippen LogP contribution in [0.3, 0.4) is 0 Å². The highest BCUT2D eigenvalue weighted by atomic mass is 16.4. The van der Waals surface area contributed by atoms with Crippen molar-refractivity contribution in [2.75, 3.05) is 6.54 Å². The number of urea groups is 1. The van der Waals surface area contributed by atoms with Gasteiger partial charge in [-0.1, -0.05) is 12.1 Å². The minimum absolute atomic E-state index is 0.156. The summed E-state index contributed by atoms with van der Waals surface area (Å²) in [5.41, 5.74) is 2.18. The van der Waals surface area contributed by atoms with Crippen LogP contribution >= 0.6 is 0 Å². The Kier molecular flexibility index (Phi) is 4.37. The second kappa shape index (κ2) is 6.61. The van der Waals surface area contributed by atoms with Crippen molar-refractivity contribution in [1.29, 1.82) is 0 Å². The van der Waals surface area contributed by atoms with Gasteiger partial charge in [-0.05, 0) is 19.1 Å². The Morgan fingerprint density at radius 1 is 1.38 bits per heavy atom. The fourth-order valence-electron chi connectivity index (χ4n) is 2.50. The molecular weight excluding hydrogens is 310 g/mol. The van der Waals surface area contributed by atoms with Gasteiger partial charge in [-0.25, -0.2) is 9.59 Å². The molecular formula is C16H19N5O3. The topological polar surface area (TPSA) is 94.1 Å². The lowest BCUT2D eigenvalue weighted by Crippen LogP contribution is -2.39. The van der Waals surface area contributed by atoms with E-state index in [0.29, 0.717) is 24.2 Å². The van der Waals surface area contributed by atoms with Crippen LogP contribution in [0, 0.1) is 0 Å². The molecule has 8 nitrogen and oxygen atoms in total. The van der Waals surface area contributed by atoms with Gasteiger partial charge in [0.25, 0.3) is 0 Å². The van der Waals surface area contributed by atoms with Crippen LogP contribution in [0.4, 0.5) is 4.79 Å². The first-order valence-electron chi connectivity index (χ1n) is 7.66. The van der Waals surface area contributed by atoms with Gasteiger partial charge in [0, 0.05) is 31.9 Å². The zero-order valence-electron chi connectivity index (χ0n) is 13.5. The smallest absolute Gasteiger partial charge is 0.408 e. The maximum Gasteiger partial charge on any atom is 0.420 e. The van der Waals surface area contributed by atoms with E-state index >= 15 is 0 Å². The molecule has 0 radical (unpaired) electrons. The Bertz CT molecular complexity index is 908. The lowest BCUT2D eigenvalue weighted by molar-refractivity contribution is 0.237. The highest BCUT2D eigenvalue weighted by Gasteiger charge is 2.12. The summed E-state index contributed by atoms with van der Waals surface area (Å²) in [6.45, 7) is 2.53. The fraction of sp³-hybridized carbons (Fsp3) is 0.312. The van der Waals surface area contributed by atoms with Crippen LogP contribution in [0.5, 0.6) is 0 Å². The van der Waals surface area contributed by atoms with Gasteiger partial charge in [0.15, 0.2) is 5.58 Å². The predicted molar refractivity (Wildman–Crippen MR) is 88.6 cm³/mol. The summed E-state index contributed by atoms with van der Waals surface area (Å²) in [5.74, 6) is -0.429. The molecule has 1 atom stereocenters.